The summed E-state index contributed by atoms with van der Waals surface area (Å²) in [5.74, 6) is 0.764. The molecule has 94 valence electrons. The van der Waals surface area contributed by atoms with E-state index in [2.05, 4.69) is 12.2 Å². The van der Waals surface area contributed by atoms with Crippen LogP contribution in [0.5, 0.6) is 0 Å². The predicted molar refractivity (Wildman–Crippen MR) is 69.5 cm³/mol. The normalized spacial score (nSPS) is 18.5. The molecule has 1 atom stereocenters. The van der Waals surface area contributed by atoms with Gasteiger partial charge in [0.25, 0.3) is 0 Å². The largest absolute Gasteiger partial charge is 0.314 e. The maximum Gasteiger partial charge on any atom is 0.126 e. The highest BCUT2D eigenvalue weighted by atomic mass is 19.1. The average Bonchev–Trinajstić information content (AvgIpc) is 2.82. The Morgan fingerprint density at radius 3 is 2.71 bits per heavy atom. The summed E-state index contributed by atoms with van der Waals surface area (Å²) in [6.45, 7) is 3.23. The minimum absolute atomic E-state index is 0.0815. The molecule has 1 fully saturated rings. The fourth-order valence-corrected chi connectivity index (χ4v) is 2.65. The van der Waals surface area contributed by atoms with Gasteiger partial charge >= 0.3 is 0 Å². The van der Waals surface area contributed by atoms with Gasteiger partial charge in [-0.25, -0.2) is 4.39 Å². The van der Waals surface area contributed by atoms with E-state index in [4.69, 9.17) is 0 Å². The highest BCUT2D eigenvalue weighted by Gasteiger charge is 2.15. The van der Waals surface area contributed by atoms with E-state index in [1.807, 2.05) is 12.1 Å². The summed E-state index contributed by atoms with van der Waals surface area (Å²) in [7, 11) is 0. The molecule has 0 saturated heterocycles. The second kappa shape index (κ2) is 6.15. The summed E-state index contributed by atoms with van der Waals surface area (Å²) < 4.78 is 13.5. The van der Waals surface area contributed by atoms with Crippen molar-refractivity contribution in [2.24, 2.45) is 5.92 Å². The number of halogens is 1. The molecule has 1 aromatic carbocycles. The van der Waals surface area contributed by atoms with Gasteiger partial charge < -0.3 is 5.32 Å². The molecule has 0 radical (unpaired) electrons. The Balaban J connectivity index is 1.76. The lowest BCUT2D eigenvalue weighted by Gasteiger charge is -2.17. The van der Waals surface area contributed by atoms with E-state index >= 15 is 0 Å². The highest BCUT2D eigenvalue weighted by Crippen LogP contribution is 2.23. The molecule has 1 saturated carbocycles. The van der Waals surface area contributed by atoms with Crippen molar-refractivity contribution in [2.75, 3.05) is 6.54 Å². The molecular weight excluding hydrogens is 213 g/mol. The molecule has 0 spiro atoms. The second-order valence-electron chi connectivity index (χ2n) is 5.26. The summed E-state index contributed by atoms with van der Waals surface area (Å²) in [5, 5.41) is 3.53. The lowest BCUT2D eigenvalue weighted by molar-refractivity contribution is 0.440. The summed E-state index contributed by atoms with van der Waals surface area (Å²) in [6.07, 6.45) is 6.26. The average molecular weight is 235 g/mol. The van der Waals surface area contributed by atoms with Gasteiger partial charge in [-0.2, -0.15) is 0 Å². The van der Waals surface area contributed by atoms with Crippen LogP contribution >= 0.6 is 0 Å². The summed E-state index contributed by atoms with van der Waals surface area (Å²) in [5.41, 5.74) is 0.818. The Kier molecular flexibility index (Phi) is 4.55. The Hall–Kier alpha value is -0.890. The molecule has 2 rings (SSSR count). The Labute approximate surface area is 103 Å². The molecule has 1 aliphatic carbocycles. The van der Waals surface area contributed by atoms with Crippen LogP contribution in [0.25, 0.3) is 0 Å². The molecule has 17 heavy (non-hydrogen) atoms. The Bertz CT molecular complexity index is 345. The summed E-state index contributed by atoms with van der Waals surface area (Å²) in [4.78, 5) is 0. The molecular formula is C15H22FN. The van der Waals surface area contributed by atoms with Gasteiger partial charge in [-0.05, 0) is 50.3 Å². The molecule has 1 unspecified atom stereocenters. The van der Waals surface area contributed by atoms with Gasteiger partial charge in [-0.15, -0.1) is 0 Å². The van der Waals surface area contributed by atoms with E-state index in [-0.39, 0.29) is 5.82 Å². The van der Waals surface area contributed by atoms with Crippen LogP contribution in [0.4, 0.5) is 4.39 Å². The van der Waals surface area contributed by atoms with Crippen molar-refractivity contribution in [1.29, 1.82) is 0 Å². The van der Waals surface area contributed by atoms with Crippen LogP contribution in [0.3, 0.4) is 0 Å². The number of nitrogens with one attached hydrogen (secondary N) is 1. The van der Waals surface area contributed by atoms with Crippen molar-refractivity contribution in [1.82, 2.24) is 5.32 Å². The molecule has 1 aliphatic rings. The summed E-state index contributed by atoms with van der Waals surface area (Å²) in [6, 6.07) is 7.42. The van der Waals surface area contributed by atoms with Crippen LogP contribution in [0.2, 0.25) is 0 Å². The molecule has 1 aromatic rings. The number of hydrogen-bond donors (Lipinski definition) is 1. The molecule has 0 heterocycles. The molecule has 1 nitrogen and oxygen atoms in total. The summed E-state index contributed by atoms with van der Waals surface area (Å²) >= 11 is 0. The highest BCUT2D eigenvalue weighted by molar-refractivity contribution is 5.18. The number of hydrogen-bond acceptors (Lipinski definition) is 1. The van der Waals surface area contributed by atoms with Gasteiger partial charge in [-0.1, -0.05) is 31.0 Å². The molecule has 0 amide bonds. The first kappa shape index (κ1) is 12.6. The van der Waals surface area contributed by atoms with Gasteiger partial charge in [-0.3, -0.25) is 0 Å². The smallest absolute Gasteiger partial charge is 0.126 e. The van der Waals surface area contributed by atoms with Crippen LogP contribution in [-0.4, -0.2) is 12.6 Å². The Morgan fingerprint density at radius 1 is 1.29 bits per heavy atom. The van der Waals surface area contributed by atoms with Crippen molar-refractivity contribution >= 4 is 0 Å². The first-order chi connectivity index (χ1) is 8.25. The molecule has 2 heteroatoms. The lowest BCUT2D eigenvalue weighted by Crippen LogP contribution is -2.32. The van der Waals surface area contributed by atoms with E-state index in [9.17, 15) is 4.39 Å². The van der Waals surface area contributed by atoms with E-state index < -0.39 is 0 Å². The third-order valence-electron chi connectivity index (χ3n) is 3.71. The fraction of sp³-hybridized carbons (Fsp3) is 0.600. The van der Waals surface area contributed by atoms with Gasteiger partial charge in [0.2, 0.25) is 0 Å². The quantitative estimate of drug-likeness (QED) is 0.823. The van der Waals surface area contributed by atoms with Crippen LogP contribution in [0.15, 0.2) is 24.3 Å². The van der Waals surface area contributed by atoms with Gasteiger partial charge in [0.15, 0.2) is 0 Å². The van der Waals surface area contributed by atoms with Crippen LogP contribution in [-0.2, 0) is 6.42 Å². The maximum absolute atomic E-state index is 13.5. The fourth-order valence-electron chi connectivity index (χ4n) is 2.65. The Morgan fingerprint density at radius 2 is 2.00 bits per heavy atom. The van der Waals surface area contributed by atoms with E-state index in [0.717, 1.165) is 24.4 Å². The van der Waals surface area contributed by atoms with Crippen molar-refractivity contribution < 1.29 is 4.39 Å². The van der Waals surface area contributed by atoms with Crippen LogP contribution in [0, 0.1) is 11.7 Å². The van der Waals surface area contributed by atoms with Gasteiger partial charge in [0.1, 0.15) is 5.82 Å². The number of rotatable bonds is 5. The maximum atomic E-state index is 13.5. The second-order valence-corrected chi connectivity index (χ2v) is 5.26. The van der Waals surface area contributed by atoms with Crippen LogP contribution in [0.1, 0.15) is 38.2 Å². The SMILES string of the molecule is CC(Cc1ccccc1F)NCC1CCCC1. The van der Waals surface area contributed by atoms with Crippen molar-refractivity contribution in [2.45, 2.75) is 45.1 Å². The third kappa shape index (κ3) is 3.81. The van der Waals surface area contributed by atoms with Gasteiger partial charge in [0, 0.05) is 6.04 Å². The zero-order chi connectivity index (χ0) is 12.1. The molecule has 0 bridgehead atoms. The minimum atomic E-state index is -0.0815. The van der Waals surface area contributed by atoms with Gasteiger partial charge in [0.05, 0.1) is 0 Å². The first-order valence-corrected chi connectivity index (χ1v) is 6.72. The van der Waals surface area contributed by atoms with Crippen molar-refractivity contribution in [3.63, 3.8) is 0 Å². The third-order valence-corrected chi connectivity index (χ3v) is 3.71. The predicted octanol–water partition coefficient (Wildman–Crippen LogP) is 3.54. The van der Waals surface area contributed by atoms with Crippen LogP contribution < -0.4 is 5.32 Å². The lowest BCUT2D eigenvalue weighted by atomic mass is 10.0. The molecule has 1 N–H and O–H groups in total. The topological polar surface area (TPSA) is 12.0 Å². The van der Waals surface area contributed by atoms with E-state index in [1.54, 1.807) is 12.1 Å². The van der Waals surface area contributed by atoms with Crippen molar-refractivity contribution in [3.8, 4) is 0 Å². The van der Waals surface area contributed by atoms with E-state index in [1.165, 1.54) is 25.7 Å². The van der Waals surface area contributed by atoms with Crippen molar-refractivity contribution in [3.05, 3.63) is 35.6 Å². The minimum Gasteiger partial charge on any atom is -0.314 e. The zero-order valence-electron chi connectivity index (χ0n) is 10.6. The first-order valence-electron chi connectivity index (χ1n) is 6.72. The van der Waals surface area contributed by atoms with E-state index in [0.29, 0.717) is 6.04 Å². The zero-order valence-corrected chi connectivity index (χ0v) is 10.6. The standard InChI is InChI=1S/C15H22FN/c1-12(17-11-13-6-2-3-7-13)10-14-8-4-5-9-15(14)16/h4-5,8-9,12-13,17H,2-3,6-7,10-11H2,1H3. The molecule has 0 aliphatic heterocycles. The monoisotopic (exact) mass is 235 g/mol. The number of benzene rings is 1. The molecule has 0 aromatic heterocycles.